The van der Waals surface area contributed by atoms with Gasteiger partial charge in [0, 0.05) is 31.0 Å². The molecule has 3 rings (SSSR count). The van der Waals surface area contributed by atoms with Crippen LogP contribution in [0.4, 0.5) is 11.4 Å². The van der Waals surface area contributed by atoms with Crippen LogP contribution < -0.4 is 10.6 Å². The van der Waals surface area contributed by atoms with Crippen molar-refractivity contribution < 1.29 is 14.1 Å². The molecule has 0 saturated carbocycles. The minimum Gasteiger partial charge on any atom is -0.469 e. The average Bonchev–Trinajstić information content (AvgIpc) is 3.05. The summed E-state index contributed by atoms with van der Waals surface area (Å²) in [4.78, 5) is 22.6. The minimum atomic E-state index is -0.440. The summed E-state index contributed by atoms with van der Waals surface area (Å²) in [6, 6.07) is 8.30. The van der Waals surface area contributed by atoms with Crippen LogP contribution in [0, 0.1) is 10.1 Å². The van der Waals surface area contributed by atoms with Crippen molar-refractivity contribution in [2.45, 2.75) is 31.7 Å². The Hall–Kier alpha value is -2.83. The Labute approximate surface area is 139 Å². The summed E-state index contributed by atoms with van der Waals surface area (Å²) in [6.45, 7) is 0.335. The van der Waals surface area contributed by atoms with Gasteiger partial charge >= 0.3 is 0 Å². The molecule has 0 aliphatic heterocycles. The molecule has 2 aromatic rings. The van der Waals surface area contributed by atoms with Gasteiger partial charge in [0.2, 0.25) is 5.91 Å². The number of aryl methyl sites for hydroxylation is 1. The lowest BCUT2D eigenvalue weighted by atomic mass is 9.93. The molecule has 1 aromatic carbocycles. The highest BCUT2D eigenvalue weighted by Gasteiger charge is 2.23. The van der Waals surface area contributed by atoms with Crippen molar-refractivity contribution in [3.63, 3.8) is 0 Å². The fraction of sp³-hybridized carbons (Fsp3) is 0.353. The summed E-state index contributed by atoms with van der Waals surface area (Å²) in [5.41, 5.74) is 1.49. The Morgan fingerprint density at radius 3 is 3.00 bits per heavy atom. The number of nitrogens with zero attached hydrogens (tertiary/aromatic N) is 1. The van der Waals surface area contributed by atoms with Gasteiger partial charge in [0.05, 0.1) is 17.2 Å². The van der Waals surface area contributed by atoms with Crippen molar-refractivity contribution in [3.8, 4) is 0 Å². The van der Waals surface area contributed by atoms with E-state index in [1.807, 2.05) is 6.07 Å². The topological polar surface area (TPSA) is 97.4 Å². The molecule has 7 heteroatoms. The van der Waals surface area contributed by atoms with E-state index in [1.165, 1.54) is 6.07 Å². The number of carbonyl (C=O) groups is 1. The summed E-state index contributed by atoms with van der Waals surface area (Å²) < 4.78 is 5.41. The number of nitro benzene ring substituents is 1. The van der Waals surface area contributed by atoms with Gasteiger partial charge in [-0.05, 0) is 25.0 Å². The molecule has 0 saturated heterocycles. The smallest absolute Gasteiger partial charge is 0.292 e. The van der Waals surface area contributed by atoms with E-state index in [9.17, 15) is 14.9 Å². The molecule has 1 amide bonds. The van der Waals surface area contributed by atoms with Crippen LogP contribution in [0.25, 0.3) is 0 Å². The van der Waals surface area contributed by atoms with Crippen molar-refractivity contribution in [1.29, 1.82) is 0 Å². The maximum Gasteiger partial charge on any atom is 0.292 e. The molecule has 1 unspecified atom stereocenters. The summed E-state index contributed by atoms with van der Waals surface area (Å²) in [5, 5.41) is 16.9. The second-order valence-electron chi connectivity index (χ2n) is 5.76. The van der Waals surface area contributed by atoms with Crippen molar-refractivity contribution >= 4 is 17.3 Å². The number of hydrogen-bond acceptors (Lipinski definition) is 5. The van der Waals surface area contributed by atoms with E-state index < -0.39 is 4.92 Å². The van der Waals surface area contributed by atoms with E-state index in [-0.39, 0.29) is 24.1 Å². The molecule has 1 aromatic heterocycles. The van der Waals surface area contributed by atoms with Crippen LogP contribution in [-0.2, 0) is 11.2 Å². The molecule has 0 spiro atoms. The summed E-state index contributed by atoms with van der Waals surface area (Å²) in [5.74, 6) is 0.865. The first-order valence-electron chi connectivity index (χ1n) is 7.98. The van der Waals surface area contributed by atoms with Gasteiger partial charge in [0.15, 0.2) is 0 Å². The van der Waals surface area contributed by atoms with Crippen LogP contribution in [0.2, 0.25) is 0 Å². The number of para-hydroxylation sites is 2. The van der Waals surface area contributed by atoms with Crippen LogP contribution in [0.3, 0.4) is 0 Å². The molecule has 126 valence electrons. The largest absolute Gasteiger partial charge is 0.469 e. The molecule has 7 nitrogen and oxygen atoms in total. The zero-order valence-corrected chi connectivity index (χ0v) is 13.2. The van der Waals surface area contributed by atoms with Crippen molar-refractivity contribution in [3.05, 3.63) is 58.0 Å². The normalized spacial score (nSPS) is 16.2. The maximum atomic E-state index is 12.1. The molecular weight excluding hydrogens is 310 g/mol. The Bertz CT molecular complexity index is 741. The lowest BCUT2D eigenvalue weighted by Gasteiger charge is -2.22. The van der Waals surface area contributed by atoms with E-state index in [0.717, 1.165) is 30.6 Å². The Morgan fingerprint density at radius 2 is 2.17 bits per heavy atom. The Kier molecular flexibility index (Phi) is 4.79. The average molecular weight is 329 g/mol. The highest BCUT2D eigenvalue weighted by atomic mass is 16.6. The van der Waals surface area contributed by atoms with E-state index in [1.54, 1.807) is 24.5 Å². The number of amides is 1. The third kappa shape index (κ3) is 3.56. The van der Waals surface area contributed by atoms with Crippen LogP contribution in [0.1, 0.15) is 36.6 Å². The van der Waals surface area contributed by atoms with Crippen LogP contribution in [0.15, 0.2) is 41.0 Å². The SMILES string of the molecule is O=C(CCNc1ccccc1[N+](=O)[O-])NC1CCCc2occc21. The molecule has 2 N–H and O–H groups in total. The highest BCUT2D eigenvalue weighted by Crippen LogP contribution is 2.30. The Morgan fingerprint density at radius 1 is 1.33 bits per heavy atom. The van der Waals surface area contributed by atoms with E-state index in [0.29, 0.717) is 12.2 Å². The van der Waals surface area contributed by atoms with Gasteiger partial charge in [-0.1, -0.05) is 12.1 Å². The zero-order chi connectivity index (χ0) is 16.9. The predicted molar refractivity (Wildman–Crippen MR) is 88.7 cm³/mol. The quantitative estimate of drug-likeness (QED) is 0.626. The van der Waals surface area contributed by atoms with E-state index >= 15 is 0 Å². The number of rotatable bonds is 6. The number of nitro groups is 1. The standard InChI is InChI=1S/C17H19N3O4/c21-17(19-13-5-3-7-16-12(13)9-11-24-16)8-10-18-14-4-1-2-6-15(14)20(22)23/h1-2,4,6,9,11,13,18H,3,5,7-8,10H2,(H,19,21). The number of fused-ring (bicyclic) bond motifs is 1. The molecule has 0 fully saturated rings. The van der Waals surface area contributed by atoms with Gasteiger partial charge in [-0.25, -0.2) is 0 Å². The molecule has 1 atom stereocenters. The van der Waals surface area contributed by atoms with Crippen molar-refractivity contribution in [1.82, 2.24) is 5.32 Å². The second-order valence-corrected chi connectivity index (χ2v) is 5.76. The van der Waals surface area contributed by atoms with Crippen LogP contribution >= 0.6 is 0 Å². The number of nitrogens with one attached hydrogen (secondary N) is 2. The van der Waals surface area contributed by atoms with E-state index in [2.05, 4.69) is 10.6 Å². The predicted octanol–water partition coefficient (Wildman–Crippen LogP) is 3.18. The number of benzene rings is 1. The number of anilines is 1. The zero-order valence-electron chi connectivity index (χ0n) is 13.2. The number of furan rings is 1. The van der Waals surface area contributed by atoms with Crippen LogP contribution in [0.5, 0.6) is 0 Å². The maximum absolute atomic E-state index is 12.1. The van der Waals surface area contributed by atoms with Gasteiger partial charge in [0.1, 0.15) is 11.4 Å². The molecule has 0 bridgehead atoms. The van der Waals surface area contributed by atoms with Crippen LogP contribution in [-0.4, -0.2) is 17.4 Å². The molecule has 1 heterocycles. The van der Waals surface area contributed by atoms with Gasteiger partial charge < -0.3 is 15.1 Å². The first kappa shape index (κ1) is 16.0. The summed E-state index contributed by atoms with van der Waals surface area (Å²) in [7, 11) is 0. The number of carbonyl (C=O) groups excluding carboxylic acids is 1. The molecule has 0 radical (unpaired) electrons. The second kappa shape index (κ2) is 7.16. The van der Waals surface area contributed by atoms with Gasteiger partial charge in [-0.2, -0.15) is 0 Å². The first-order chi connectivity index (χ1) is 11.6. The summed E-state index contributed by atoms with van der Waals surface area (Å²) in [6.07, 6.45) is 4.70. The van der Waals surface area contributed by atoms with E-state index in [4.69, 9.17) is 4.42 Å². The third-order valence-electron chi connectivity index (χ3n) is 4.16. The minimum absolute atomic E-state index is 0.00762. The fourth-order valence-corrected chi connectivity index (χ4v) is 3.00. The molecule has 1 aliphatic carbocycles. The van der Waals surface area contributed by atoms with Gasteiger partial charge in [-0.3, -0.25) is 14.9 Å². The van der Waals surface area contributed by atoms with Crippen molar-refractivity contribution in [2.24, 2.45) is 0 Å². The third-order valence-corrected chi connectivity index (χ3v) is 4.16. The molecule has 1 aliphatic rings. The fourth-order valence-electron chi connectivity index (χ4n) is 3.00. The Balaban J connectivity index is 1.52. The molecular formula is C17H19N3O4. The van der Waals surface area contributed by atoms with Gasteiger partial charge in [0.25, 0.3) is 5.69 Å². The lowest BCUT2D eigenvalue weighted by molar-refractivity contribution is -0.384. The summed E-state index contributed by atoms with van der Waals surface area (Å²) >= 11 is 0. The lowest BCUT2D eigenvalue weighted by Crippen LogP contribution is -2.31. The van der Waals surface area contributed by atoms with Crippen molar-refractivity contribution in [2.75, 3.05) is 11.9 Å². The monoisotopic (exact) mass is 329 g/mol. The first-order valence-corrected chi connectivity index (χ1v) is 7.98. The number of hydrogen-bond donors (Lipinski definition) is 2. The molecule has 24 heavy (non-hydrogen) atoms. The highest BCUT2D eigenvalue weighted by molar-refractivity contribution is 5.77. The van der Waals surface area contributed by atoms with Gasteiger partial charge in [-0.15, -0.1) is 0 Å².